The smallest absolute Gasteiger partial charge is 0.410 e. The van der Waals surface area contributed by atoms with Crippen LogP contribution in [0.2, 0.25) is 10.2 Å². The Hall–Kier alpha value is -2.26. The highest BCUT2D eigenvalue weighted by molar-refractivity contribution is 6.42. The fourth-order valence-corrected chi connectivity index (χ4v) is 3.47. The monoisotopic (exact) mass is 473 g/mol. The van der Waals surface area contributed by atoms with E-state index in [9.17, 15) is 13.6 Å². The Morgan fingerprint density at radius 2 is 1.90 bits per heavy atom. The van der Waals surface area contributed by atoms with Crippen LogP contribution in [0.4, 0.5) is 19.4 Å². The van der Waals surface area contributed by atoms with Crippen molar-refractivity contribution >= 4 is 35.1 Å². The number of hydrogen-bond acceptors (Lipinski definition) is 6. The summed E-state index contributed by atoms with van der Waals surface area (Å²) in [5.41, 5.74) is 0.576. The zero-order valence-electron chi connectivity index (χ0n) is 17.6. The summed E-state index contributed by atoms with van der Waals surface area (Å²) in [6.45, 7) is 5.46. The first kappa shape index (κ1) is 23.4. The van der Waals surface area contributed by atoms with Crippen LogP contribution in [0.15, 0.2) is 18.3 Å². The van der Waals surface area contributed by atoms with Crippen LogP contribution in [0, 0.1) is 6.92 Å². The van der Waals surface area contributed by atoms with E-state index in [4.69, 9.17) is 27.9 Å². The number of pyridine rings is 1. The Kier molecular flexibility index (Phi) is 6.57. The summed E-state index contributed by atoms with van der Waals surface area (Å²) in [7, 11) is 0. The third-order valence-corrected chi connectivity index (χ3v) is 5.10. The number of halogens is 4. The van der Waals surface area contributed by atoms with Crippen LogP contribution in [-0.4, -0.2) is 63.6 Å². The van der Waals surface area contributed by atoms with Crippen molar-refractivity contribution in [1.29, 1.82) is 0 Å². The fraction of sp³-hybridized carbons (Fsp3) is 0.500. The lowest BCUT2D eigenvalue weighted by atomic mass is 10.2. The molecule has 7 nitrogen and oxygen atoms in total. The second-order valence-electron chi connectivity index (χ2n) is 8.34. The largest absolute Gasteiger partial charge is 0.444 e. The quantitative estimate of drug-likeness (QED) is 0.580. The molecule has 0 N–H and O–H groups in total. The van der Waals surface area contributed by atoms with E-state index in [2.05, 4.69) is 15.0 Å². The van der Waals surface area contributed by atoms with E-state index < -0.39 is 30.7 Å². The normalized spacial score (nSPS) is 16.8. The molecular formula is C20H23Cl2F2N5O2. The molecule has 168 valence electrons. The van der Waals surface area contributed by atoms with Gasteiger partial charge in [-0.05, 0) is 39.8 Å². The second-order valence-corrected chi connectivity index (χ2v) is 9.08. The predicted molar refractivity (Wildman–Crippen MR) is 115 cm³/mol. The van der Waals surface area contributed by atoms with E-state index in [0.717, 1.165) is 10.6 Å². The van der Waals surface area contributed by atoms with Gasteiger partial charge in [0.1, 0.15) is 10.6 Å². The Morgan fingerprint density at radius 1 is 1.19 bits per heavy atom. The van der Waals surface area contributed by atoms with E-state index in [-0.39, 0.29) is 34.9 Å². The number of alkyl halides is 2. The van der Waals surface area contributed by atoms with Gasteiger partial charge in [0.25, 0.3) is 5.92 Å². The molecule has 0 aromatic carbocycles. The molecule has 2 aromatic heterocycles. The number of hydrogen-bond donors (Lipinski definition) is 0. The van der Waals surface area contributed by atoms with Crippen LogP contribution in [0.5, 0.6) is 0 Å². The Balaban J connectivity index is 1.92. The first-order chi connectivity index (χ1) is 14.3. The summed E-state index contributed by atoms with van der Waals surface area (Å²) in [5, 5.41) is -0.0783. The Morgan fingerprint density at radius 3 is 2.55 bits per heavy atom. The molecule has 1 saturated heterocycles. The molecule has 0 aliphatic carbocycles. The molecule has 0 spiro atoms. The number of carbonyl (C=O) groups excluding carboxylic acids is 1. The highest BCUT2D eigenvalue weighted by Gasteiger charge is 2.41. The van der Waals surface area contributed by atoms with Crippen molar-refractivity contribution in [2.24, 2.45) is 0 Å². The molecule has 0 bridgehead atoms. The standard InChI is InChI=1S/C20H23Cl2F2N5O2/c1-12-9-13(5-6-25-12)16-26-15(22)14(21)17(27-16)28-7-8-29(11-20(23,24)10-28)18(30)31-19(2,3)4/h5-6,9H,7-8,10-11H2,1-4H3. The molecule has 0 atom stereocenters. The highest BCUT2D eigenvalue weighted by Crippen LogP contribution is 2.34. The third kappa shape index (κ3) is 5.92. The number of anilines is 1. The van der Waals surface area contributed by atoms with E-state index in [1.54, 1.807) is 39.1 Å². The van der Waals surface area contributed by atoms with E-state index in [1.807, 2.05) is 6.92 Å². The lowest BCUT2D eigenvalue weighted by Gasteiger charge is -2.27. The van der Waals surface area contributed by atoms with Crippen molar-refractivity contribution in [2.75, 3.05) is 31.1 Å². The number of aromatic nitrogens is 3. The minimum absolute atomic E-state index is 0.00610. The van der Waals surface area contributed by atoms with Crippen molar-refractivity contribution < 1.29 is 18.3 Å². The minimum atomic E-state index is -3.22. The number of rotatable bonds is 2. The molecule has 11 heteroatoms. The summed E-state index contributed by atoms with van der Waals surface area (Å²) >= 11 is 12.5. The Bertz CT molecular complexity index is 985. The molecule has 31 heavy (non-hydrogen) atoms. The summed E-state index contributed by atoms with van der Waals surface area (Å²) in [6, 6.07) is 3.45. The van der Waals surface area contributed by atoms with Crippen LogP contribution in [-0.2, 0) is 4.74 Å². The first-order valence-electron chi connectivity index (χ1n) is 9.61. The minimum Gasteiger partial charge on any atom is -0.444 e. The van der Waals surface area contributed by atoms with Gasteiger partial charge in [0.05, 0.1) is 13.1 Å². The van der Waals surface area contributed by atoms with E-state index >= 15 is 0 Å². The van der Waals surface area contributed by atoms with Crippen molar-refractivity contribution in [3.05, 3.63) is 34.2 Å². The number of amides is 1. The Labute approximate surface area is 189 Å². The lowest BCUT2D eigenvalue weighted by molar-refractivity contribution is -0.0285. The van der Waals surface area contributed by atoms with E-state index in [0.29, 0.717) is 5.56 Å². The SMILES string of the molecule is Cc1cc(-c2nc(Cl)c(Cl)c(N3CCN(C(=O)OC(C)(C)C)CC(F)(F)C3)n2)ccn1. The average Bonchev–Trinajstić information content (AvgIpc) is 2.80. The van der Waals surface area contributed by atoms with Crippen molar-refractivity contribution in [3.8, 4) is 11.4 Å². The molecular weight excluding hydrogens is 451 g/mol. The molecule has 0 unspecified atom stereocenters. The number of ether oxygens (including phenoxy) is 1. The average molecular weight is 474 g/mol. The maximum Gasteiger partial charge on any atom is 0.410 e. The van der Waals surface area contributed by atoms with Gasteiger partial charge >= 0.3 is 6.09 Å². The van der Waals surface area contributed by atoms with Crippen molar-refractivity contribution in [1.82, 2.24) is 19.9 Å². The van der Waals surface area contributed by atoms with Gasteiger partial charge in [0.15, 0.2) is 16.8 Å². The van der Waals surface area contributed by atoms with Gasteiger partial charge in [0, 0.05) is 30.5 Å². The molecule has 3 heterocycles. The van der Waals surface area contributed by atoms with Crippen LogP contribution in [0.1, 0.15) is 26.5 Å². The van der Waals surface area contributed by atoms with Crippen LogP contribution < -0.4 is 4.90 Å². The van der Waals surface area contributed by atoms with Gasteiger partial charge < -0.3 is 14.5 Å². The summed E-state index contributed by atoms with van der Waals surface area (Å²) in [6.07, 6.45) is 0.795. The van der Waals surface area contributed by atoms with E-state index in [1.165, 1.54) is 4.90 Å². The maximum atomic E-state index is 14.7. The second kappa shape index (κ2) is 8.70. The van der Waals surface area contributed by atoms with Gasteiger partial charge in [0.2, 0.25) is 0 Å². The lowest BCUT2D eigenvalue weighted by Crippen LogP contribution is -2.44. The number of aryl methyl sites for hydroxylation is 1. The van der Waals surface area contributed by atoms with Crippen LogP contribution in [0.3, 0.4) is 0 Å². The molecule has 1 aliphatic rings. The molecule has 0 radical (unpaired) electrons. The van der Waals surface area contributed by atoms with Crippen molar-refractivity contribution in [3.63, 3.8) is 0 Å². The molecule has 2 aromatic rings. The topological polar surface area (TPSA) is 71.5 Å². The zero-order valence-corrected chi connectivity index (χ0v) is 19.1. The third-order valence-electron chi connectivity index (χ3n) is 4.38. The molecule has 1 aliphatic heterocycles. The number of carbonyl (C=O) groups is 1. The molecule has 1 amide bonds. The maximum absolute atomic E-state index is 14.7. The number of nitrogens with zero attached hydrogens (tertiary/aromatic N) is 5. The van der Waals surface area contributed by atoms with Gasteiger partial charge in [-0.15, -0.1) is 0 Å². The highest BCUT2D eigenvalue weighted by atomic mass is 35.5. The zero-order chi connectivity index (χ0) is 23.0. The first-order valence-corrected chi connectivity index (χ1v) is 10.4. The molecule has 0 saturated carbocycles. The van der Waals surface area contributed by atoms with Crippen LogP contribution in [0.25, 0.3) is 11.4 Å². The van der Waals surface area contributed by atoms with Gasteiger partial charge in [-0.25, -0.2) is 23.5 Å². The molecule has 1 fully saturated rings. The van der Waals surface area contributed by atoms with Gasteiger partial charge in [-0.1, -0.05) is 23.2 Å². The molecule has 3 rings (SSSR count). The van der Waals surface area contributed by atoms with Crippen LogP contribution >= 0.6 is 23.2 Å². The summed E-state index contributed by atoms with van der Waals surface area (Å²) in [4.78, 5) is 27.4. The van der Waals surface area contributed by atoms with Gasteiger partial charge in [-0.2, -0.15) is 0 Å². The fourth-order valence-electron chi connectivity index (χ4n) is 3.10. The van der Waals surface area contributed by atoms with Gasteiger partial charge in [-0.3, -0.25) is 4.98 Å². The van der Waals surface area contributed by atoms with Crippen molar-refractivity contribution in [2.45, 2.75) is 39.2 Å². The predicted octanol–water partition coefficient (Wildman–Crippen LogP) is 4.85. The summed E-state index contributed by atoms with van der Waals surface area (Å²) < 4.78 is 34.7. The summed E-state index contributed by atoms with van der Waals surface area (Å²) in [5.74, 6) is -2.90.